The zero-order valence-corrected chi connectivity index (χ0v) is 17.7. The van der Waals surface area contributed by atoms with Gasteiger partial charge in [-0.05, 0) is 56.9 Å². The van der Waals surface area contributed by atoms with Crippen LogP contribution in [0, 0.1) is 22.7 Å². The van der Waals surface area contributed by atoms with Crippen LogP contribution in [0.3, 0.4) is 0 Å². The summed E-state index contributed by atoms with van der Waals surface area (Å²) in [6, 6.07) is 0. The van der Waals surface area contributed by atoms with Gasteiger partial charge < -0.3 is 9.84 Å². The zero-order valence-electron chi connectivity index (χ0n) is 17.7. The van der Waals surface area contributed by atoms with Gasteiger partial charge in [-0.3, -0.25) is 14.4 Å². The van der Waals surface area contributed by atoms with E-state index in [1.165, 1.54) is 13.8 Å². The second-order valence-electron chi connectivity index (χ2n) is 10.1. The van der Waals surface area contributed by atoms with E-state index in [-0.39, 0.29) is 18.0 Å². The van der Waals surface area contributed by atoms with Crippen LogP contribution in [0.1, 0.15) is 72.6 Å². The van der Waals surface area contributed by atoms with Gasteiger partial charge in [0.05, 0.1) is 6.10 Å². The standard InChI is InChI=1S/C23H31FO5/c1-13(25)22(29-14(2)26)10-9-20(3)18-8-5-15-11-16(27)6-7-17(15)23(18,24)19(28)12-21(20,22)4/h11,17-19,28H,5-10,12H2,1-4H3/t17-,18-,19+,20+,21-,22-,23+/m0/s1. The lowest BCUT2D eigenvalue weighted by Gasteiger charge is -2.64. The number of Topliss-reactive ketones (excluding diaryl/α,β-unsaturated/α-hetero) is 1. The lowest BCUT2D eigenvalue weighted by molar-refractivity contribution is -0.242. The molecule has 0 radical (unpaired) electrons. The highest BCUT2D eigenvalue weighted by molar-refractivity contribution is 5.91. The van der Waals surface area contributed by atoms with Crippen molar-refractivity contribution in [3.8, 4) is 0 Å². The molecule has 4 aliphatic rings. The Hall–Kier alpha value is -1.56. The van der Waals surface area contributed by atoms with E-state index in [9.17, 15) is 19.5 Å². The summed E-state index contributed by atoms with van der Waals surface area (Å²) in [5.41, 5.74) is -3.81. The van der Waals surface area contributed by atoms with Crippen molar-refractivity contribution in [1.29, 1.82) is 0 Å². The Labute approximate surface area is 171 Å². The number of alkyl halides is 1. The monoisotopic (exact) mass is 406 g/mol. The topological polar surface area (TPSA) is 80.7 Å². The molecule has 0 bridgehead atoms. The maximum Gasteiger partial charge on any atom is 0.303 e. The molecule has 5 nitrogen and oxygen atoms in total. The first kappa shape index (κ1) is 20.7. The number of aliphatic hydroxyl groups excluding tert-OH is 1. The summed E-state index contributed by atoms with van der Waals surface area (Å²) in [7, 11) is 0. The number of ether oxygens (including phenoxy) is 1. The smallest absolute Gasteiger partial charge is 0.303 e. The van der Waals surface area contributed by atoms with Crippen LogP contribution in [0.4, 0.5) is 4.39 Å². The third-order valence-electron chi connectivity index (χ3n) is 9.18. The number of carbonyl (C=O) groups is 3. The minimum absolute atomic E-state index is 0.0333. The summed E-state index contributed by atoms with van der Waals surface area (Å²) >= 11 is 0. The van der Waals surface area contributed by atoms with Crippen molar-refractivity contribution in [2.24, 2.45) is 22.7 Å². The van der Waals surface area contributed by atoms with E-state index < -0.39 is 46.0 Å². The highest BCUT2D eigenvalue weighted by Gasteiger charge is 2.77. The van der Waals surface area contributed by atoms with Crippen LogP contribution in [0.5, 0.6) is 0 Å². The number of halogens is 1. The fraction of sp³-hybridized carbons (Fsp3) is 0.783. The Balaban J connectivity index is 1.83. The van der Waals surface area contributed by atoms with Gasteiger partial charge in [0.1, 0.15) is 5.67 Å². The Morgan fingerprint density at radius 2 is 1.86 bits per heavy atom. The average molecular weight is 406 g/mol. The molecule has 0 saturated heterocycles. The molecule has 0 amide bonds. The van der Waals surface area contributed by atoms with Crippen LogP contribution in [0.25, 0.3) is 0 Å². The summed E-state index contributed by atoms with van der Waals surface area (Å²) in [6.07, 6.45) is 3.14. The summed E-state index contributed by atoms with van der Waals surface area (Å²) in [4.78, 5) is 36.6. The van der Waals surface area contributed by atoms with Crippen LogP contribution in [-0.2, 0) is 19.1 Å². The predicted molar refractivity (Wildman–Crippen MR) is 104 cm³/mol. The molecule has 0 aromatic rings. The zero-order chi connectivity index (χ0) is 21.4. The summed E-state index contributed by atoms with van der Waals surface area (Å²) in [6.45, 7) is 6.62. The number of aliphatic hydroxyl groups is 1. The predicted octanol–water partition coefficient (Wildman–Crippen LogP) is 3.47. The maximum absolute atomic E-state index is 16.8. The van der Waals surface area contributed by atoms with Crippen LogP contribution < -0.4 is 0 Å². The number of rotatable bonds is 2. The molecule has 4 aliphatic carbocycles. The van der Waals surface area contributed by atoms with Crippen molar-refractivity contribution in [1.82, 2.24) is 0 Å². The number of carbonyl (C=O) groups excluding carboxylic acids is 3. The summed E-state index contributed by atoms with van der Waals surface area (Å²) < 4.78 is 22.5. The van der Waals surface area contributed by atoms with Crippen LogP contribution in [0.2, 0.25) is 0 Å². The average Bonchev–Trinajstić information content (AvgIpc) is 2.84. The number of allylic oxidation sites excluding steroid dienone is 1. The van der Waals surface area contributed by atoms with Gasteiger partial charge in [-0.25, -0.2) is 4.39 Å². The second-order valence-corrected chi connectivity index (χ2v) is 10.1. The first-order valence-electron chi connectivity index (χ1n) is 10.7. The molecule has 3 fully saturated rings. The van der Waals surface area contributed by atoms with Crippen LogP contribution >= 0.6 is 0 Å². The van der Waals surface area contributed by atoms with Crippen molar-refractivity contribution >= 4 is 17.5 Å². The normalized spacial score (nSPS) is 48.8. The van der Waals surface area contributed by atoms with E-state index in [4.69, 9.17) is 4.74 Å². The Morgan fingerprint density at radius 3 is 2.48 bits per heavy atom. The minimum atomic E-state index is -1.83. The molecule has 0 heterocycles. The number of hydrogen-bond acceptors (Lipinski definition) is 5. The molecule has 0 aromatic carbocycles. The molecule has 1 N–H and O–H groups in total. The molecule has 29 heavy (non-hydrogen) atoms. The van der Waals surface area contributed by atoms with E-state index in [0.29, 0.717) is 38.5 Å². The quantitative estimate of drug-likeness (QED) is 0.710. The third kappa shape index (κ3) is 2.38. The SMILES string of the molecule is CC(=O)O[C@]1(C(C)=O)CC[C@]2(C)[C@@H]3CCC4=CC(=O)CC[C@@H]4[C@]3(F)[C@H](O)C[C@]12C. The maximum atomic E-state index is 16.8. The molecule has 4 rings (SSSR count). The first-order valence-corrected chi connectivity index (χ1v) is 10.7. The Bertz CT molecular complexity index is 820. The molecule has 3 saturated carbocycles. The van der Waals surface area contributed by atoms with Gasteiger partial charge in [0, 0.05) is 30.6 Å². The van der Waals surface area contributed by atoms with E-state index in [0.717, 1.165) is 5.57 Å². The Morgan fingerprint density at radius 1 is 1.17 bits per heavy atom. The van der Waals surface area contributed by atoms with Crippen molar-refractivity contribution in [2.75, 3.05) is 0 Å². The summed E-state index contributed by atoms with van der Waals surface area (Å²) in [5.74, 6) is -1.66. The molecule has 0 spiro atoms. The van der Waals surface area contributed by atoms with E-state index >= 15 is 4.39 Å². The molecular weight excluding hydrogens is 375 g/mol. The highest BCUT2D eigenvalue weighted by Crippen LogP contribution is 2.73. The lowest BCUT2D eigenvalue weighted by Crippen LogP contribution is -2.70. The van der Waals surface area contributed by atoms with Gasteiger partial charge >= 0.3 is 5.97 Å². The van der Waals surface area contributed by atoms with Gasteiger partial charge in [0.25, 0.3) is 0 Å². The van der Waals surface area contributed by atoms with E-state index in [1.54, 1.807) is 6.08 Å². The number of hydrogen-bond donors (Lipinski definition) is 1. The lowest BCUT2D eigenvalue weighted by atomic mass is 9.42. The van der Waals surface area contributed by atoms with E-state index in [2.05, 4.69) is 0 Å². The largest absolute Gasteiger partial charge is 0.451 e. The van der Waals surface area contributed by atoms with Crippen molar-refractivity contribution < 1.29 is 28.6 Å². The minimum Gasteiger partial charge on any atom is -0.451 e. The van der Waals surface area contributed by atoms with Gasteiger partial charge in [0.2, 0.25) is 0 Å². The number of esters is 1. The molecular formula is C23H31FO5. The fourth-order valence-electron chi connectivity index (χ4n) is 7.64. The molecule has 6 heteroatoms. The van der Waals surface area contributed by atoms with Crippen molar-refractivity contribution in [3.05, 3.63) is 11.6 Å². The van der Waals surface area contributed by atoms with Gasteiger partial charge in [-0.2, -0.15) is 0 Å². The molecule has 0 aromatic heterocycles. The van der Waals surface area contributed by atoms with Gasteiger partial charge in [-0.1, -0.05) is 19.4 Å². The fourth-order valence-corrected chi connectivity index (χ4v) is 7.64. The van der Waals surface area contributed by atoms with E-state index in [1.807, 2.05) is 13.8 Å². The Kier molecular flexibility index (Phi) is 4.44. The van der Waals surface area contributed by atoms with Crippen molar-refractivity contribution in [2.45, 2.75) is 90.0 Å². The van der Waals surface area contributed by atoms with Gasteiger partial charge in [-0.15, -0.1) is 0 Å². The molecule has 160 valence electrons. The highest BCUT2D eigenvalue weighted by atomic mass is 19.1. The third-order valence-corrected chi connectivity index (χ3v) is 9.18. The van der Waals surface area contributed by atoms with Crippen molar-refractivity contribution in [3.63, 3.8) is 0 Å². The van der Waals surface area contributed by atoms with Gasteiger partial charge in [0.15, 0.2) is 17.2 Å². The summed E-state index contributed by atoms with van der Waals surface area (Å²) in [5, 5.41) is 11.2. The number of ketones is 2. The molecule has 0 unspecified atom stereocenters. The molecule has 7 atom stereocenters. The molecule has 0 aliphatic heterocycles. The van der Waals surface area contributed by atoms with Crippen LogP contribution in [-0.4, -0.2) is 40.0 Å². The van der Waals surface area contributed by atoms with Crippen LogP contribution in [0.15, 0.2) is 11.6 Å². The number of fused-ring (bicyclic) bond motifs is 5. The second kappa shape index (κ2) is 6.22. The first-order chi connectivity index (χ1) is 13.4.